The fraction of sp³-hybridized carbons (Fsp3) is 0.857. The number of aliphatic hydroxyl groups excluding tert-OH is 1. The van der Waals surface area contributed by atoms with Gasteiger partial charge in [0.2, 0.25) is 0 Å². The van der Waals surface area contributed by atoms with Gasteiger partial charge in [-0.15, -0.1) is 0 Å². The van der Waals surface area contributed by atoms with Gasteiger partial charge in [0, 0.05) is 11.8 Å². The number of ether oxygens (including phenoxy) is 2. The van der Waals surface area contributed by atoms with E-state index in [1.54, 1.807) is 0 Å². The van der Waals surface area contributed by atoms with Crippen molar-refractivity contribution < 1.29 is 14.6 Å². The summed E-state index contributed by atoms with van der Waals surface area (Å²) in [5.74, 6) is -0.401. The lowest BCUT2D eigenvalue weighted by Gasteiger charge is -2.52. The largest absolute Gasteiger partial charge is 0.389 e. The van der Waals surface area contributed by atoms with Crippen molar-refractivity contribution in [3.8, 4) is 0 Å². The monoisotopic (exact) mass is 238 g/mol. The Bertz CT molecular complexity index is 354. The molecule has 2 aliphatic carbocycles. The van der Waals surface area contributed by atoms with Gasteiger partial charge in [0.15, 0.2) is 5.79 Å². The molecule has 2 fully saturated rings. The van der Waals surface area contributed by atoms with Gasteiger partial charge in [0.05, 0.1) is 19.3 Å². The predicted octanol–water partition coefficient (Wildman–Crippen LogP) is 2.39. The Hall–Kier alpha value is -0.380. The van der Waals surface area contributed by atoms with Gasteiger partial charge in [-0.3, -0.25) is 0 Å². The molecule has 3 nitrogen and oxygen atoms in total. The molecule has 1 saturated heterocycles. The normalized spacial score (nSPS) is 40.8. The van der Waals surface area contributed by atoms with Crippen LogP contribution in [0.5, 0.6) is 0 Å². The van der Waals surface area contributed by atoms with Crippen LogP contribution in [0.4, 0.5) is 0 Å². The van der Waals surface area contributed by atoms with Gasteiger partial charge in [-0.1, -0.05) is 12.5 Å². The molecule has 1 N–H and O–H groups in total. The highest BCUT2D eigenvalue weighted by Crippen LogP contribution is 2.57. The summed E-state index contributed by atoms with van der Waals surface area (Å²) in [6.07, 6.45) is 4.75. The molecule has 0 aromatic heterocycles. The Morgan fingerprint density at radius 2 is 1.94 bits per heavy atom. The van der Waals surface area contributed by atoms with Crippen molar-refractivity contribution in [3.05, 3.63) is 11.1 Å². The Labute approximate surface area is 103 Å². The second kappa shape index (κ2) is 3.81. The van der Waals surface area contributed by atoms with Crippen molar-refractivity contribution in [2.45, 2.75) is 57.8 Å². The summed E-state index contributed by atoms with van der Waals surface area (Å²) in [5, 5.41) is 10.0. The molecule has 3 heteroatoms. The highest BCUT2D eigenvalue weighted by atomic mass is 16.7. The summed E-state index contributed by atoms with van der Waals surface area (Å²) in [6.45, 7) is 5.77. The second-order valence-electron chi connectivity index (χ2n) is 5.85. The molecule has 3 aliphatic rings. The van der Waals surface area contributed by atoms with Crippen LogP contribution in [-0.4, -0.2) is 30.2 Å². The van der Waals surface area contributed by atoms with Crippen molar-refractivity contribution >= 4 is 0 Å². The second-order valence-corrected chi connectivity index (χ2v) is 5.85. The molecule has 17 heavy (non-hydrogen) atoms. The van der Waals surface area contributed by atoms with E-state index in [0.717, 1.165) is 37.7 Å². The number of fused-ring (bicyclic) bond motifs is 2. The Morgan fingerprint density at radius 1 is 1.24 bits per heavy atom. The molecule has 0 aromatic carbocycles. The van der Waals surface area contributed by atoms with E-state index in [0.29, 0.717) is 13.2 Å². The number of rotatable bonds is 0. The van der Waals surface area contributed by atoms with E-state index >= 15 is 0 Å². The van der Waals surface area contributed by atoms with Gasteiger partial charge in [-0.05, 0) is 38.2 Å². The average Bonchev–Trinajstić information content (AvgIpc) is 2.78. The summed E-state index contributed by atoms with van der Waals surface area (Å²) >= 11 is 0. The number of aliphatic hydroxyl groups is 1. The van der Waals surface area contributed by atoms with Gasteiger partial charge in [0.25, 0.3) is 0 Å². The predicted molar refractivity (Wildman–Crippen MR) is 64.5 cm³/mol. The van der Waals surface area contributed by atoms with E-state index in [1.165, 1.54) is 5.57 Å². The van der Waals surface area contributed by atoms with Crippen molar-refractivity contribution in [1.82, 2.24) is 0 Å². The van der Waals surface area contributed by atoms with Gasteiger partial charge < -0.3 is 14.6 Å². The molecule has 1 saturated carbocycles. The van der Waals surface area contributed by atoms with E-state index in [-0.39, 0.29) is 11.5 Å². The zero-order valence-electron chi connectivity index (χ0n) is 10.8. The van der Waals surface area contributed by atoms with E-state index in [4.69, 9.17) is 9.47 Å². The standard InChI is InChI=1S/C14H22O3/c1-10-11-4-3-6-14(16-8-9-17-14)13(11,2)7-5-12(10)15/h12,15H,3-9H2,1-2H3/t12?,13-/m0/s1. The smallest absolute Gasteiger partial charge is 0.177 e. The fourth-order valence-corrected chi connectivity index (χ4v) is 4.01. The molecule has 0 radical (unpaired) electrons. The number of hydrogen-bond acceptors (Lipinski definition) is 3. The minimum atomic E-state index is -0.401. The van der Waals surface area contributed by atoms with Crippen LogP contribution in [0, 0.1) is 5.41 Å². The van der Waals surface area contributed by atoms with E-state index in [2.05, 4.69) is 13.8 Å². The van der Waals surface area contributed by atoms with Gasteiger partial charge in [-0.2, -0.15) is 0 Å². The van der Waals surface area contributed by atoms with Crippen LogP contribution in [0.15, 0.2) is 11.1 Å². The summed E-state index contributed by atoms with van der Waals surface area (Å²) < 4.78 is 12.0. The average molecular weight is 238 g/mol. The molecule has 96 valence electrons. The first-order chi connectivity index (χ1) is 8.09. The summed E-state index contributed by atoms with van der Waals surface area (Å²) in [5.41, 5.74) is 2.53. The van der Waals surface area contributed by atoms with Crippen LogP contribution >= 0.6 is 0 Å². The topological polar surface area (TPSA) is 38.7 Å². The first-order valence-electron chi connectivity index (χ1n) is 6.75. The highest BCUT2D eigenvalue weighted by Gasteiger charge is 2.57. The van der Waals surface area contributed by atoms with Crippen molar-refractivity contribution in [2.24, 2.45) is 5.41 Å². The van der Waals surface area contributed by atoms with Gasteiger partial charge in [-0.25, -0.2) is 0 Å². The molecule has 0 amide bonds. The molecular formula is C14H22O3. The molecule has 1 spiro atoms. The third kappa shape index (κ3) is 1.46. The molecule has 0 aromatic rings. The molecule has 1 aliphatic heterocycles. The molecule has 3 rings (SSSR count). The summed E-state index contributed by atoms with van der Waals surface area (Å²) in [6, 6.07) is 0. The van der Waals surface area contributed by atoms with E-state index < -0.39 is 5.79 Å². The Morgan fingerprint density at radius 3 is 2.65 bits per heavy atom. The molecule has 1 unspecified atom stereocenters. The Kier molecular flexibility index (Phi) is 2.62. The summed E-state index contributed by atoms with van der Waals surface area (Å²) in [7, 11) is 0. The quantitative estimate of drug-likeness (QED) is 0.659. The first kappa shape index (κ1) is 11.7. The highest BCUT2D eigenvalue weighted by molar-refractivity contribution is 5.31. The van der Waals surface area contributed by atoms with Crippen LogP contribution in [-0.2, 0) is 9.47 Å². The van der Waals surface area contributed by atoms with Crippen LogP contribution in [0.25, 0.3) is 0 Å². The molecular weight excluding hydrogens is 216 g/mol. The Balaban J connectivity index is 2.06. The third-order valence-electron chi connectivity index (χ3n) is 5.09. The van der Waals surface area contributed by atoms with Crippen LogP contribution in [0.1, 0.15) is 46.0 Å². The van der Waals surface area contributed by atoms with Crippen LogP contribution in [0.3, 0.4) is 0 Å². The van der Waals surface area contributed by atoms with Crippen molar-refractivity contribution in [3.63, 3.8) is 0 Å². The fourth-order valence-electron chi connectivity index (χ4n) is 4.01. The van der Waals surface area contributed by atoms with E-state index in [9.17, 15) is 5.11 Å². The zero-order chi connectivity index (χ0) is 12.1. The minimum absolute atomic E-state index is 0.0228. The molecule has 2 atom stereocenters. The first-order valence-corrected chi connectivity index (χ1v) is 6.75. The van der Waals surface area contributed by atoms with Gasteiger partial charge >= 0.3 is 0 Å². The SMILES string of the molecule is CC1=C2CCCC3(OCCO3)[C@@]2(C)CCC1O. The van der Waals surface area contributed by atoms with Crippen molar-refractivity contribution in [2.75, 3.05) is 13.2 Å². The lowest BCUT2D eigenvalue weighted by molar-refractivity contribution is -0.239. The minimum Gasteiger partial charge on any atom is -0.389 e. The van der Waals surface area contributed by atoms with Crippen LogP contribution in [0.2, 0.25) is 0 Å². The maximum atomic E-state index is 10.0. The maximum absolute atomic E-state index is 10.0. The van der Waals surface area contributed by atoms with E-state index in [1.807, 2.05) is 0 Å². The molecule has 1 heterocycles. The molecule has 0 bridgehead atoms. The maximum Gasteiger partial charge on any atom is 0.177 e. The number of hydrogen-bond donors (Lipinski definition) is 1. The van der Waals surface area contributed by atoms with Crippen LogP contribution < -0.4 is 0 Å². The zero-order valence-corrected chi connectivity index (χ0v) is 10.8. The van der Waals surface area contributed by atoms with Gasteiger partial charge in [0.1, 0.15) is 0 Å². The third-order valence-corrected chi connectivity index (χ3v) is 5.09. The summed E-state index contributed by atoms with van der Waals surface area (Å²) in [4.78, 5) is 0. The van der Waals surface area contributed by atoms with Crippen molar-refractivity contribution in [1.29, 1.82) is 0 Å². The lowest BCUT2D eigenvalue weighted by atomic mass is 9.60. The lowest BCUT2D eigenvalue weighted by Crippen LogP contribution is -2.53.